The Morgan fingerprint density at radius 1 is 0.955 bits per heavy atom. The van der Waals surface area contributed by atoms with Gasteiger partial charge in [0.15, 0.2) is 0 Å². The van der Waals surface area contributed by atoms with Crippen molar-refractivity contribution >= 4 is 59.2 Å². The average molecular weight is 448 g/mol. The largest absolute Gasteiger partial charge is 0.326 e. The van der Waals surface area contributed by atoms with E-state index in [9.17, 15) is 13.2 Å². The molecule has 0 spiro atoms. The number of anilines is 2. The lowest BCUT2D eigenvalue weighted by Crippen LogP contribution is -2.13. The van der Waals surface area contributed by atoms with Crippen molar-refractivity contribution in [1.29, 1.82) is 0 Å². The second-order valence-electron chi connectivity index (χ2n) is 4.44. The minimum absolute atomic E-state index is 0.112. The summed E-state index contributed by atoms with van der Waals surface area (Å²) < 4.78 is 28.7. The molecule has 0 bridgehead atoms. The Balaban J connectivity index is 2.22. The Morgan fingerprint density at radius 2 is 1.55 bits per heavy atom. The van der Waals surface area contributed by atoms with Crippen molar-refractivity contribution in [2.75, 3.05) is 10.0 Å². The molecule has 0 radical (unpaired) electrons. The minimum Gasteiger partial charge on any atom is -0.326 e. The van der Waals surface area contributed by atoms with Crippen molar-refractivity contribution in [3.63, 3.8) is 0 Å². The van der Waals surface area contributed by atoms with Crippen LogP contribution in [0.1, 0.15) is 6.92 Å². The highest BCUT2D eigenvalue weighted by atomic mass is 79.9. The molecule has 0 unspecified atom stereocenters. The van der Waals surface area contributed by atoms with Gasteiger partial charge < -0.3 is 5.32 Å². The van der Waals surface area contributed by atoms with Gasteiger partial charge in [0.25, 0.3) is 10.0 Å². The first-order valence-electron chi connectivity index (χ1n) is 6.13. The molecule has 5 nitrogen and oxygen atoms in total. The van der Waals surface area contributed by atoms with E-state index >= 15 is 0 Å². The summed E-state index contributed by atoms with van der Waals surface area (Å²) in [5, 5.41) is 2.58. The van der Waals surface area contributed by atoms with E-state index in [-0.39, 0.29) is 10.8 Å². The van der Waals surface area contributed by atoms with Gasteiger partial charge >= 0.3 is 0 Å². The fourth-order valence-corrected chi connectivity index (χ4v) is 3.37. The van der Waals surface area contributed by atoms with Crippen molar-refractivity contribution in [2.24, 2.45) is 0 Å². The Hall–Kier alpha value is -1.38. The molecule has 8 heteroatoms. The van der Waals surface area contributed by atoms with Gasteiger partial charge in [0.2, 0.25) is 5.91 Å². The number of hydrogen-bond acceptors (Lipinski definition) is 3. The SMILES string of the molecule is CC(=O)Nc1ccc(S(=O)(=O)Nc2ccc(Br)c(Br)c2)cc1. The first kappa shape index (κ1) is 17.0. The maximum atomic E-state index is 12.3. The van der Waals surface area contributed by atoms with Crippen LogP contribution in [-0.4, -0.2) is 14.3 Å². The van der Waals surface area contributed by atoms with Gasteiger partial charge in [0.05, 0.1) is 10.6 Å². The third kappa shape index (κ3) is 4.31. The number of sulfonamides is 1. The topological polar surface area (TPSA) is 75.3 Å². The molecule has 2 rings (SSSR count). The molecule has 0 saturated heterocycles. The van der Waals surface area contributed by atoms with Crippen LogP contribution in [0, 0.1) is 0 Å². The lowest BCUT2D eigenvalue weighted by Gasteiger charge is -2.10. The molecule has 0 aliphatic rings. The predicted molar refractivity (Wildman–Crippen MR) is 93.4 cm³/mol. The fourth-order valence-electron chi connectivity index (χ4n) is 1.69. The molecule has 0 aliphatic carbocycles. The summed E-state index contributed by atoms with van der Waals surface area (Å²) in [5.41, 5.74) is 0.985. The third-order valence-corrected chi connectivity index (χ3v) is 5.93. The Bertz CT molecular complexity index is 805. The molecule has 2 aromatic carbocycles. The van der Waals surface area contributed by atoms with Crippen LogP contribution in [-0.2, 0) is 14.8 Å². The molecule has 0 fully saturated rings. The summed E-state index contributed by atoms with van der Waals surface area (Å²) in [4.78, 5) is 11.1. The number of carbonyl (C=O) groups excluding carboxylic acids is 1. The first-order valence-corrected chi connectivity index (χ1v) is 9.20. The van der Waals surface area contributed by atoms with Crippen LogP contribution < -0.4 is 10.0 Å². The minimum atomic E-state index is -3.69. The van der Waals surface area contributed by atoms with Crippen LogP contribution in [0.2, 0.25) is 0 Å². The molecule has 2 N–H and O–H groups in total. The maximum Gasteiger partial charge on any atom is 0.261 e. The van der Waals surface area contributed by atoms with Gasteiger partial charge in [-0.15, -0.1) is 0 Å². The molecule has 0 saturated carbocycles. The zero-order valence-electron chi connectivity index (χ0n) is 11.4. The lowest BCUT2D eigenvalue weighted by atomic mass is 10.3. The van der Waals surface area contributed by atoms with Crippen molar-refractivity contribution in [2.45, 2.75) is 11.8 Å². The van der Waals surface area contributed by atoms with Crippen LogP contribution in [0.25, 0.3) is 0 Å². The number of carbonyl (C=O) groups is 1. The smallest absolute Gasteiger partial charge is 0.261 e. The molecule has 1 amide bonds. The van der Waals surface area contributed by atoms with Crippen LogP contribution in [0.3, 0.4) is 0 Å². The zero-order valence-corrected chi connectivity index (χ0v) is 15.4. The van der Waals surface area contributed by atoms with Gasteiger partial charge in [-0.2, -0.15) is 0 Å². The molecular weight excluding hydrogens is 436 g/mol. The molecule has 2 aromatic rings. The van der Waals surface area contributed by atoms with E-state index in [1.54, 1.807) is 18.2 Å². The summed E-state index contributed by atoms with van der Waals surface area (Å²) in [6.45, 7) is 1.39. The zero-order chi connectivity index (χ0) is 16.3. The summed E-state index contributed by atoms with van der Waals surface area (Å²) in [7, 11) is -3.69. The van der Waals surface area contributed by atoms with Crippen LogP contribution >= 0.6 is 31.9 Å². The monoisotopic (exact) mass is 446 g/mol. The van der Waals surface area contributed by atoms with Gasteiger partial charge in [0, 0.05) is 21.6 Å². The summed E-state index contributed by atoms with van der Waals surface area (Å²) >= 11 is 6.64. The number of amides is 1. The lowest BCUT2D eigenvalue weighted by molar-refractivity contribution is -0.114. The van der Waals surface area contributed by atoms with Gasteiger partial charge in [0.1, 0.15) is 0 Å². The number of hydrogen-bond donors (Lipinski definition) is 2. The van der Waals surface area contributed by atoms with E-state index in [4.69, 9.17) is 0 Å². The summed E-state index contributed by atoms with van der Waals surface area (Å²) in [6, 6.07) is 11.0. The normalized spacial score (nSPS) is 11.0. The molecule has 0 atom stereocenters. The Kier molecular flexibility index (Phi) is 5.25. The second kappa shape index (κ2) is 6.80. The van der Waals surface area contributed by atoms with Crippen molar-refractivity contribution in [1.82, 2.24) is 0 Å². The van der Waals surface area contributed by atoms with Gasteiger partial charge in [-0.3, -0.25) is 9.52 Å². The van der Waals surface area contributed by atoms with Crippen molar-refractivity contribution in [3.05, 3.63) is 51.4 Å². The van der Waals surface area contributed by atoms with E-state index in [1.807, 2.05) is 0 Å². The molecule has 22 heavy (non-hydrogen) atoms. The van der Waals surface area contributed by atoms with Crippen LogP contribution in [0.15, 0.2) is 56.3 Å². The number of nitrogens with one attached hydrogen (secondary N) is 2. The maximum absolute atomic E-state index is 12.3. The molecule has 0 aromatic heterocycles. The van der Waals surface area contributed by atoms with Gasteiger partial charge in [-0.05, 0) is 74.3 Å². The standard InChI is InChI=1S/C14H12Br2N2O3S/c1-9(19)17-10-2-5-12(6-3-10)22(20,21)18-11-4-7-13(15)14(16)8-11/h2-8,18H,1H3,(H,17,19). The molecule has 116 valence electrons. The molecule has 0 heterocycles. The number of benzene rings is 2. The van der Waals surface area contributed by atoms with Crippen molar-refractivity contribution in [3.8, 4) is 0 Å². The third-order valence-electron chi connectivity index (χ3n) is 2.66. The molecular formula is C14H12Br2N2O3S. The Morgan fingerprint density at radius 3 is 2.09 bits per heavy atom. The highest BCUT2D eigenvalue weighted by Crippen LogP contribution is 2.27. The van der Waals surface area contributed by atoms with E-state index in [1.165, 1.54) is 31.2 Å². The van der Waals surface area contributed by atoms with Gasteiger partial charge in [-0.25, -0.2) is 8.42 Å². The van der Waals surface area contributed by atoms with Crippen LogP contribution in [0.4, 0.5) is 11.4 Å². The Labute approximate surface area is 145 Å². The van der Waals surface area contributed by atoms with Gasteiger partial charge in [-0.1, -0.05) is 0 Å². The summed E-state index contributed by atoms with van der Waals surface area (Å²) in [5.74, 6) is -0.214. The van der Waals surface area contributed by atoms with E-state index < -0.39 is 10.0 Å². The van der Waals surface area contributed by atoms with Crippen molar-refractivity contribution < 1.29 is 13.2 Å². The average Bonchev–Trinajstić information content (AvgIpc) is 2.42. The highest BCUT2D eigenvalue weighted by Gasteiger charge is 2.14. The van der Waals surface area contributed by atoms with E-state index in [0.29, 0.717) is 11.4 Å². The second-order valence-corrected chi connectivity index (χ2v) is 7.83. The van der Waals surface area contributed by atoms with E-state index in [2.05, 4.69) is 41.9 Å². The highest BCUT2D eigenvalue weighted by molar-refractivity contribution is 9.13. The quantitative estimate of drug-likeness (QED) is 0.744. The fraction of sp³-hybridized carbons (Fsp3) is 0.0714. The number of halogens is 2. The summed E-state index contributed by atoms with van der Waals surface area (Å²) in [6.07, 6.45) is 0. The first-order chi connectivity index (χ1) is 10.3. The van der Waals surface area contributed by atoms with E-state index in [0.717, 1.165) is 8.95 Å². The predicted octanol–water partition coefficient (Wildman–Crippen LogP) is 3.97. The molecule has 0 aliphatic heterocycles. The number of rotatable bonds is 4. The van der Waals surface area contributed by atoms with Crippen LogP contribution in [0.5, 0.6) is 0 Å².